The molecule has 9 nitrogen and oxygen atoms in total. The van der Waals surface area contributed by atoms with Crippen molar-refractivity contribution in [1.82, 2.24) is 15.5 Å². The van der Waals surface area contributed by atoms with Crippen molar-refractivity contribution in [3.63, 3.8) is 0 Å². The second-order valence-electron chi connectivity index (χ2n) is 10.5. The van der Waals surface area contributed by atoms with E-state index in [1.165, 1.54) is 0 Å². The predicted molar refractivity (Wildman–Crippen MR) is 136 cm³/mol. The molecular weight excluding hydrogens is 482 g/mol. The number of alkyl carbamates (subject to hydrolysis) is 1. The van der Waals surface area contributed by atoms with Gasteiger partial charge in [0.05, 0.1) is 16.6 Å². The number of anilines is 2. The summed E-state index contributed by atoms with van der Waals surface area (Å²) in [5.74, 6) is 0.0559. The molecule has 0 radical (unpaired) electrons. The summed E-state index contributed by atoms with van der Waals surface area (Å²) in [5, 5.41) is 13.6. The fraction of sp³-hybridized carbons (Fsp3) is 0.538. The average molecular weight is 514 g/mol. The molecule has 10 heteroatoms. The van der Waals surface area contributed by atoms with Crippen molar-refractivity contribution in [1.29, 1.82) is 0 Å². The number of aromatic amines is 1. The Kier molecular flexibility index (Phi) is 6.68. The summed E-state index contributed by atoms with van der Waals surface area (Å²) in [6.45, 7) is 4.49. The van der Waals surface area contributed by atoms with Crippen LogP contribution in [-0.4, -0.2) is 46.3 Å². The molecule has 192 valence electrons. The number of carbonyl (C=O) groups excluding carboxylic acids is 3. The molecule has 3 fully saturated rings. The lowest BCUT2D eigenvalue weighted by molar-refractivity contribution is -0.118. The van der Waals surface area contributed by atoms with E-state index >= 15 is 0 Å². The van der Waals surface area contributed by atoms with E-state index < -0.39 is 5.92 Å². The van der Waals surface area contributed by atoms with E-state index in [1.807, 2.05) is 19.1 Å². The van der Waals surface area contributed by atoms with Gasteiger partial charge in [0.25, 0.3) is 0 Å². The van der Waals surface area contributed by atoms with Gasteiger partial charge in [-0.1, -0.05) is 17.7 Å². The molecule has 3 atom stereocenters. The van der Waals surface area contributed by atoms with Crippen molar-refractivity contribution >= 4 is 41.0 Å². The summed E-state index contributed by atoms with van der Waals surface area (Å²) < 4.78 is 5.60. The van der Waals surface area contributed by atoms with Gasteiger partial charge >= 0.3 is 6.09 Å². The number of nitrogens with zero attached hydrogens (tertiary/aromatic N) is 2. The fourth-order valence-electron chi connectivity index (χ4n) is 4.98. The molecule has 3 amide bonds. The number of rotatable bonds is 7. The Morgan fingerprint density at radius 3 is 2.78 bits per heavy atom. The zero-order valence-electron chi connectivity index (χ0n) is 20.6. The van der Waals surface area contributed by atoms with Crippen molar-refractivity contribution < 1.29 is 19.1 Å². The van der Waals surface area contributed by atoms with E-state index in [1.54, 1.807) is 24.0 Å². The minimum atomic E-state index is -0.456. The summed E-state index contributed by atoms with van der Waals surface area (Å²) in [6.07, 6.45) is 5.28. The van der Waals surface area contributed by atoms with Gasteiger partial charge in [-0.25, -0.2) is 4.79 Å². The van der Waals surface area contributed by atoms with Crippen LogP contribution in [0.25, 0.3) is 0 Å². The second kappa shape index (κ2) is 9.76. The Hall–Kier alpha value is -3.07. The van der Waals surface area contributed by atoms with Crippen LogP contribution in [0.4, 0.5) is 16.3 Å². The van der Waals surface area contributed by atoms with Crippen LogP contribution in [0.2, 0.25) is 5.02 Å². The highest BCUT2D eigenvalue weighted by Crippen LogP contribution is 2.38. The minimum absolute atomic E-state index is 0.0702. The van der Waals surface area contributed by atoms with Crippen molar-refractivity contribution in [3.05, 3.63) is 40.5 Å². The molecule has 2 aliphatic carbocycles. The molecule has 3 N–H and O–H groups in total. The highest BCUT2D eigenvalue weighted by Gasteiger charge is 2.40. The summed E-state index contributed by atoms with van der Waals surface area (Å²) in [7, 11) is 0. The molecule has 2 heterocycles. The van der Waals surface area contributed by atoms with Crippen LogP contribution in [0, 0.1) is 0 Å². The van der Waals surface area contributed by atoms with Gasteiger partial charge < -0.3 is 20.3 Å². The van der Waals surface area contributed by atoms with Crippen LogP contribution in [0.3, 0.4) is 0 Å². The zero-order chi connectivity index (χ0) is 25.4. The maximum atomic E-state index is 12.9. The van der Waals surface area contributed by atoms with Crippen molar-refractivity contribution in [3.8, 4) is 0 Å². The number of hydrogen-bond acceptors (Lipinski definition) is 5. The van der Waals surface area contributed by atoms with E-state index in [2.05, 4.69) is 20.8 Å². The van der Waals surface area contributed by atoms with Crippen molar-refractivity contribution in [2.24, 2.45) is 0 Å². The highest BCUT2D eigenvalue weighted by molar-refractivity contribution is 6.34. The molecular formula is C26H32ClN5O4. The minimum Gasteiger partial charge on any atom is -0.446 e. The smallest absolute Gasteiger partial charge is 0.407 e. The molecule has 0 spiro atoms. The van der Waals surface area contributed by atoms with Crippen LogP contribution in [0.1, 0.15) is 81.9 Å². The molecule has 2 unspecified atom stereocenters. The molecule has 1 aromatic heterocycles. The third kappa shape index (κ3) is 5.36. The number of halogens is 1. The van der Waals surface area contributed by atoms with Crippen LogP contribution in [0.5, 0.6) is 0 Å². The number of aromatic nitrogens is 2. The van der Waals surface area contributed by atoms with E-state index in [-0.39, 0.29) is 35.5 Å². The van der Waals surface area contributed by atoms with Crippen LogP contribution < -0.4 is 15.5 Å². The van der Waals surface area contributed by atoms with E-state index in [0.717, 1.165) is 49.8 Å². The standard InChI is InChI=1S/C26H32ClN5O4/c1-15(16-6-8-21(19(27)13-16)32-11-3-4-23(32)33)24(34)28-22-14-20(30-31-22)17-5-7-18(12-17)36-25(35)29-26(2)9-10-26/h6,8,13-15,17-18H,3-5,7,9-12H2,1-2H3,(H,29,35)(H2,28,30,31,34)/t15?,17?,18-/m1/s1. The fourth-order valence-corrected chi connectivity index (χ4v) is 5.27. The maximum Gasteiger partial charge on any atom is 0.407 e. The number of nitrogens with one attached hydrogen (secondary N) is 3. The maximum absolute atomic E-state index is 12.9. The lowest BCUT2D eigenvalue weighted by Gasteiger charge is -2.19. The molecule has 36 heavy (non-hydrogen) atoms. The van der Waals surface area contributed by atoms with Gasteiger partial charge in [-0.15, -0.1) is 0 Å². The monoisotopic (exact) mass is 513 g/mol. The lowest BCUT2D eigenvalue weighted by atomic mass is 9.99. The molecule has 2 saturated carbocycles. The van der Waals surface area contributed by atoms with Gasteiger partial charge in [0.15, 0.2) is 5.82 Å². The first kappa shape index (κ1) is 24.6. The predicted octanol–water partition coefficient (Wildman–Crippen LogP) is 4.85. The molecule has 5 rings (SSSR count). The molecule has 3 aliphatic rings. The lowest BCUT2D eigenvalue weighted by Crippen LogP contribution is -2.36. The van der Waals surface area contributed by atoms with E-state index in [0.29, 0.717) is 29.5 Å². The highest BCUT2D eigenvalue weighted by atomic mass is 35.5. The Bertz CT molecular complexity index is 1180. The topological polar surface area (TPSA) is 116 Å². The van der Waals surface area contributed by atoms with Crippen LogP contribution in [0.15, 0.2) is 24.3 Å². The number of amides is 3. The number of carbonyl (C=O) groups is 3. The van der Waals surface area contributed by atoms with Gasteiger partial charge in [0.1, 0.15) is 6.10 Å². The molecule has 1 aliphatic heterocycles. The Balaban J connectivity index is 1.15. The number of hydrogen-bond donors (Lipinski definition) is 3. The Morgan fingerprint density at radius 1 is 1.28 bits per heavy atom. The van der Waals surface area contributed by atoms with Crippen LogP contribution in [-0.2, 0) is 14.3 Å². The van der Waals surface area contributed by atoms with Crippen LogP contribution >= 0.6 is 11.6 Å². The first-order chi connectivity index (χ1) is 17.2. The summed E-state index contributed by atoms with van der Waals surface area (Å²) in [5.41, 5.74) is 2.27. The number of benzene rings is 1. The van der Waals surface area contributed by atoms with Crippen molar-refractivity contribution in [2.75, 3.05) is 16.8 Å². The summed E-state index contributed by atoms with van der Waals surface area (Å²) >= 11 is 6.46. The average Bonchev–Trinajstić information content (AvgIpc) is 3.25. The van der Waals surface area contributed by atoms with Gasteiger partial charge in [-0.2, -0.15) is 5.10 Å². The third-order valence-electron chi connectivity index (χ3n) is 7.58. The van der Waals surface area contributed by atoms with Gasteiger partial charge in [0.2, 0.25) is 11.8 Å². The van der Waals surface area contributed by atoms with E-state index in [9.17, 15) is 14.4 Å². The quantitative estimate of drug-likeness (QED) is 0.489. The first-order valence-electron chi connectivity index (χ1n) is 12.7. The molecule has 2 aromatic rings. The number of ether oxygens (including phenoxy) is 1. The largest absolute Gasteiger partial charge is 0.446 e. The number of H-pyrrole nitrogens is 1. The zero-order valence-corrected chi connectivity index (χ0v) is 21.4. The van der Waals surface area contributed by atoms with E-state index in [4.69, 9.17) is 16.3 Å². The first-order valence-corrected chi connectivity index (χ1v) is 13.0. The van der Waals surface area contributed by atoms with Gasteiger partial charge in [-0.3, -0.25) is 14.7 Å². The molecule has 1 aromatic carbocycles. The Morgan fingerprint density at radius 2 is 2.08 bits per heavy atom. The second-order valence-corrected chi connectivity index (χ2v) is 10.9. The third-order valence-corrected chi connectivity index (χ3v) is 7.88. The van der Waals surface area contributed by atoms with Gasteiger partial charge in [0, 0.05) is 36.2 Å². The molecule has 0 bridgehead atoms. The van der Waals surface area contributed by atoms with Crippen molar-refractivity contribution in [2.45, 2.75) is 82.3 Å². The molecule has 1 saturated heterocycles. The van der Waals surface area contributed by atoms with Gasteiger partial charge in [-0.05, 0) is 70.1 Å². The summed E-state index contributed by atoms with van der Waals surface area (Å²) in [6, 6.07) is 7.24. The Labute approximate surface area is 215 Å². The SMILES string of the molecule is CC(C(=O)Nc1cc(C2CC[C@@H](OC(=O)NC3(C)CC3)C2)[nH]n1)c1ccc(N2CCCC2=O)c(Cl)c1. The summed E-state index contributed by atoms with van der Waals surface area (Å²) in [4.78, 5) is 38.7. The normalized spacial score (nSPS) is 23.4.